The van der Waals surface area contributed by atoms with E-state index in [1.165, 1.54) is 12.1 Å². The predicted octanol–water partition coefficient (Wildman–Crippen LogP) is 7.32. The first-order chi connectivity index (χ1) is 16.0. The van der Waals surface area contributed by atoms with Crippen LogP contribution in [0, 0.1) is 12.8 Å². The summed E-state index contributed by atoms with van der Waals surface area (Å²) in [6.07, 6.45) is 0. The molecule has 2 amide bonds. The third-order valence-corrected chi connectivity index (χ3v) is 7.30. The van der Waals surface area contributed by atoms with Crippen molar-refractivity contribution >= 4 is 86.9 Å². The molecule has 0 aliphatic heterocycles. The number of carbonyl (C=O) groups excluding carboxylic acids is 2. The van der Waals surface area contributed by atoms with Crippen molar-refractivity contribution in [2.45, 2.75) is 17.2 Å². The molecule has 1 fully saturated rings. The Morgan fingerprint density at radius 2 is 1.50 bits per heavy atom. The summed E-state index contributed by atoms with van der Waals surface area (Å²) in [6, 6.07) is 14.7. The summed E-state index contributed by atoms with van der Waals surface area (Å²) in [5.41, 5.74) is 9.08. The largest absolute Gasteiger partial charge is 0.398 e. The fourth-order valence-corrected chi connectivity index (χ4v) is 5.31. The van der Waals surface area contributed by atoms with Gasteiger partial charge in [-0.1, -0.05) is 40.9 Å². The molecule has 1 aliphatic rings. The van der Waals surface area contributed by atoms with Crippen molar-refractivity contribution in [3.05, 3.63) is 86.4 Å². The lowest BCUT2D eigenvalue weighted by atomic mass is 10.1. The zero-order valence-electron chi connectivity index (χ0n) is 17.6. The zero-order valence-corrected chi connectivity index (χ0v) is 21.4. The second-order valence-corrected chi connectivity index (χ2v) is 10.8. The minimum Gasteiger partial charge on any atom is -0.398 e. The molecule has 10 heteroatoms. The van der Waals surface area contributed by atoms with Crippen LogP contribution in [0.25, 0.3) is 0 Å². The number of amides is 2. The van der Waals surface area contributed by atoms with Crippen LogP contribution >= 0.6 is 58.0 Å². The van der Waals surface area contributed by atoms with Crippen LogP contribution in [0.1, 0.15) is 27.4 Å². The van der Waals surface area contributed by atoms with Gasteiger partial charge in [0.1, 0.15) is 4.33 Å². The molecule has 176 valence electrons. The number of benzene rings is 3. The van der Waals surface area contributed by atoms with E-state index in [0.717, 1.165) is 5.56 Å². The second kappa shape index (κ2) is 9.48. The number of nitrogens with one attached hydrogen (secondary N) is 2. The number of alkyl halides is 2. The predicted molar refractivity (Wildman–Crippen MR) is 141 cm³/mol. The Hall–Kier alpha value is -2.15. The van der Waals surface area contributed by atoms with Gasteiger partial charge < -0.3 is 16.4 Å². The Labute approximate surface area is 221 Å². The summed E-state index contributed by atoms with van der Waals surface area (Å²) in [5.74, 6) is -2.10. The fraction of sp³-hybridized carbons (Fsp3) is 0.167. The summed E-state index contributed by atoms with van der Waals surface area (Å²) in [5, 5.41) is 6.57. The number of halogens is 5. The molecule has 3 aromatic carbocycles. The molecule has 0 spiro atoms. The molecule has 34 heavy (non-hydrogen) atoms. The molecular weight excluding hydrogens is 540 g/mol. The second-order valence-electron chi connectivity index (χ2n) is 8.04. The Morgan fingerprint density at radius 1 is 0.882 bits per heavy atom. The first kappa shape index (κ1) is 25.0. The third-order valence-electron chi connectivity index (χ3n) is 5.60. The van der Waals surface area contributed by atoms with Gasteiger partial charge >= 0.3 is 0 Å². The summed E-state index contributed by atoms with van der Waals surface area (Å²) < 4.78 is -1.32. The Bertz CT molecular complexity index is 1290. The lowest BCUT2D eigenvalue weighted by Crippen LogP contribution is -2.18. The molecule has 5 nitrogen and oxygen atoms in total. The van der Waals surface area contributed by atoms with E-state index in [0.29, 0.717) is 32.7 Å². The molecule has 0 heterocycles. The van der Waals surface area contributed by atoms with Crippen LogP contribution in [0.4, 0.5) is 17.1 Å². The molecule has 4 rings (SSSR count). The van der Waals surface area contributed by atoms with E-state index < -0.39 is 28.0 Å². The SMILES string of the molecule is Cc1ccc(NC(=O)c2cc(NC(=O)C3C(c4cc(Cl)cc(Cl)c4)C3(Cl)Cl)ccc2Cl)cc1N. The number of rotatable bonds is 5. The van der Waals surface area contributed by atoms with E-state index in [1.54, 1.807) is 42.5 Å². The fourth-order valence-electron chi connectivity index (χ4n) is 3.74. The van der Waals surface area contributed by atoms with Gasteiger partial charge in [0, 0.05) is 33.0 Å². The van der Waals surface area contributed by atoms with Gasteiger partial charge in [-0.05, 0) is 66.6 Å². The van der Waals surface area contributed by atoms with E-state index in [9.17, 15) is 9.59 Å². The van der Waals surface area contributed by atoms with Crippen molar-refractivity contribution in [1.82, 2.24) is 0 Å². The lowest BCUT2D eigenvalue weighted by molar-refractivity contribution is -0.117. The molecule has 0 saturated heterocycles. The number of hydrogen-bond donors (Lipinski definition) is 3. The summed E-state index contributed by atoms with van der Waals surface area (Å²) in [4.78, 5) is 25.8. The van der Waals surface area contributed by atoms with Gasteiger partial charge in [-0.25, -0.2) is 0 Å². The first-order valence-electron chi connectivity index (χ1n) is 10.1. The quantitative estimate of drug-likeness (QED) is 0.227. The standard InChI is InChI=1S/C24H18Cl5N3O2/c1-11-2-3-16(10-19(11)30)31-22(33)17-9-15(4-5-18(17)27)32-23(34)21-20(24(21,28)29)12-6-13(25)8-14(26)7-12/h2-10,20-21H,30H2,1H3,(H,31,33)(H,32,34). The van der Waals surface area contributed by atoms with Gasteiger partial charge in [-0.15, -0.1) is 23.2 Å². The Kier molecular flexibility index (Phi) is 6.96. The Morgan fingerprint density at radius 3 is 2.15 bits per heavy atom. The smallest absolute Gasteiger partial charge is 0.257 e. The minimum atomic E-state index is -1.32. The van der Waals surface area contributed by atoms with Gasteiger partial charge in [-0.3, -0.25) is 9.59 Å². The number of nitrogens with two attached hydrogens (primary N) is 1. The van der Waals surface area contributed by atoms with E-state index >= 15 is 0 Å². The number of hydrogen-bond acceptors (Lipinski definition) is 3. The monoisotopic (exact) mass is 555 g/mol. The highest BCUT2D eigenvalue weighted by molar-refractivity contribution is 6.53. The highest BCUT2D eigenvalue weighted by atomic mass is 35.5. The maximum absolute atomic E-state index is 13.0. The number of anilines is 3. The number of carbonyl (C=O) groups is 2. The average molecular weight is 558 g/mol. The van der Waals surface area contributed by atoms with Gasteiger partial charge in [0.05, 0.1) is 16.5 Å². The summed E-state index contributed by atoms with van der Waals surface area (Å²) in [6.45, 7) is 1.87. The third kappa shape index (κ3) is 5.09. The van der Waals surface area contributed by atoms with Crippen molar-refractivity contribution in [1.29, 1.82) is 0 Å². The van der Waals surface area contributed by atoms with Gasteiger partial charge in [0.2, 0.25) is 5.91 Å². The van der Waals surface area contributed by atoms with Crippen molar-refractivity contribution in [2.24, 2.45) is 5.92 Å². The average Bonchev–Trinajstić information content (AvgIpc) is 3.33. The van der Waals surface area contributed by atoms with Crippen LogP contribution in [-0.4, -0.2) is 16.1 Å². The summed E-state index contributed by atoms with van der Waals surface area (Å²) >= 11 is 31.2. The zero-order chi connectivity index (χ0) is 24.8. The number of nitrogen functional groups attached to an aromatic ring is 1. The topological polar surface area (TPSA) is 84.2 Å². The molecule has 0 aromatic heterocycles. The van der Waals surface area contributed by atoms with Crippen LogP contribution in [-0.2, 0) is 4.79 Å². The van der Waals surface area contributed by atoms with E-state index in [2.05, 4.69) is 10.6 Å². The van der Waals surface area contributed by atoms with Gasteiger partial charge in [0.15, 0.2) is 0 Å². The molecule has 3 aromatic rings. The maximum atomic E-state index is 13.0. The molecular formula is C24H18Cl5N3O2. The van der Waals surface area contributed by atoms with Crippen LogP contribution in [0.15, 0.2) is 54.6 Å². The molecule has 0 bridgehead atoms. The molecule has 1 saturated carbocycles. The van der Waals surface area contributed by atoms with Crippen LogP contribution in [0.5, 0.6) is 0 Å². The van der Waals surface area contributed by atoms with Crippen molar-refractivity contribution in [3.8, 4) is 0 Å². The van der Waals surface area contributed by atoms with E-state index in [1.807, 2.05) is 6.92 Å². The molecule has 4 N–H and O–H groups in total. The van der Waals surface area contributed by atoms with Gasteiger partial charge in [0.25, 0.3) is 5.91 Å². The number of aryl methyl sites for hydroxylation is 1. The van der Waals surface area contributed by atoms with Crippen LogP contribution in [0.3, 0.4) is 0 Å². The van der Waals surface area contributed by atoms with E-state index in [-0.39, 0.29) is 10.6 Å². The normalized spacial score (nSPS) is 18.3. The highest BCUT2D eigenvalue weighted by Crippen LogP contribution is 2.65. The van der Waals surface area contributed by atoms with Crippen molar-refractivity contribution in [3.63, 3.8) is 0 Å². The minimum absolute atomic E-state index is 0.176. The molecule has 2 atom stereocenters. The summed E-state index contributed by atoms with van der Waals surface area (Å²) in [7, 11) is 0. The van der Waals surface area contributed by atoms with Crippen LogP contribution in [0.2, 0.25) is 15.1 Å². The maximum Gasteiger partial charge on any atom is 0.257 e. The van der Waals surface area contributed by atoms with Crippen molar-refractivity contribution < 1.29 is 9.59 Å². The highest BCUT2D eigenvalue weighted by Gasteiger charge is 2.67. The van der Waals surface area contributed by atoms with E-state index in [4.69, 9.17) is 63.7 Å². The Balaban J connectivity index is 1.51. The molecule has 0 radical (unpaired) electrons. The molecule has 2 unspecified atom stereocenters. The van der Waals surface area contributed by atoms with Crippen molar-refractivity contribution in [2.75, 3.05) is 16.4 Å². The molecule has 1 aliphatic carbocycles. The lowest BCUT2D eigenvalue weighted by Gasteiger charge is -2.11. The van der Waals surface area contributed by atoms with Crippen LogP contribution < -0.4 is 16.4 Å². The first-order valence-corrected chi connectivity index (χ1v) is 12.0. The van der Waals surface area contributed by atoms with Gasteiger partial charge in [-0.2, -0.15) is 0 Å².